The van der Waals surface area contributed by atoms with Gasteiger partial charge in [0.1, 0.15) is 6.54 Å². The quantitative estimate of drug-likeness (QED) is 0.137. The van der Waals surface area contributed by atoms with Crippen LogP contribution in [0.15, 0.2) is 0 Å². The van der Waals surface area contributed by atoms with Crippen LogP contribution in [0.25, 0.3) is 0 Å². The van der Waals surface area contributed by atoms with Crippen molar-refractivity contribution in [3.8, 4) is 39.4 Å². The Balaban J connectivity index is -0.00000000809. The van der Waals surface area contributed by atoms with Crippen LogP contribution in [0.1, 0.15) is 0 Å². The molecule has 0 spiro atoms. The van der Waals surface area contributed by atoms with Crippen LogP contribution in [0, 0.1) is 71.0 Å². The van der Waals surface area contributed by atoms with Gasteiger partial charge < -0.3 is 32.3 Å². The molecule has 36 heavy (non-hydrogen) atoms. The summed E-state index contributed by atoms with van der Waals surface area (Å²) >= 11 is 0. The summed E-state index contributed by atoms with van der Waals surface area (Å²) in [5.41, 5.74) is 0. The van der Waals surface area contributed by atoms with E-state index < -0.39 is 10.4 Å². The molecular weight excluding hydrogens is 645 g/mol. The van der Waals surface area contributed by atoms with Crippen LogP contribution < -0.4 is 0 Å². The molecule has 1 heterocycles. The van der Waals surface area contributed by atoms with Gasteiger partial charge in [0.05, 0.1) is 8.41 Å². The Morgan fingerprint density at radius 1 is 0.722 bits per heavy atom. The Morgan fingerprint density at radius 2 is 0.861 bits per heavy atom. The molecule has 0 unspecified atom stereocenters. The van der Waals surface area contributed by atoms with Crippen molar-refractivity contribution < 1.29 is 88.6 Å². The predicted molar refractivity (Wildman–Crippen MR) is 127 cm³/mol. The maximum absolute atomic E-state index is 10.7. The second-order valence-corrected chi connectivity index (χ2v) is 3.43. The first-order chi connectivity index (χ1) is 12.1. The van der Waals surface area contributed by atoms with Gasteiger partial charge in [-0.05, 0) is 0 Å². The Kier molecular flexibility index (Phi) is 391. The number of hydrogen-bond acceptors (Lipinski definition) is 10. The van der Waals surface area contributed by atoms with Crippen LogP contribution in [0.5, 0.6) is 0 Å². The van der Waals surface area contributed by atoms with Crippen LogP contribution in [0.3, 0.4) is 0 Å². The predicted octanol–water partition coefficient (Wildman–Crippen LogP) is -6.91. The van der Waals surface area contributed by atoms with E-state index in [-0.39, 0.29) is 169 Å². The molecule has 1 aliphatic rings. The van der Waals surface area contributed by atoms with Crippen molar-refractivity contribution in [1.29, 1.82) is 31.6 Å². The second kappa shape index (κ2) is 114. The fourth-order valence-electron chi connectivity index (χ4n) is 0.739. The molecule has 0 aromatic heterocycles. The van der Waals surface area contributed by atoms with E-state index in [1.165, 1.54) is 11.9 Å². The molecule has 0 aromatic carbocycles. The molecule has 3 amide bonds. The van der Waals surface area contributed by atoms with Crippen LogP contribution in [-0.4, -0.2) is 177 Å². The SMILES string of the molecule is B.C#N.C#N.C#N.C#N.C#N.C#N.CN1CC(=O)N(C)C1=O.O.O.O.O.O.O=S(=O)(O)O.[Cu].[Fe].[KH].[NaH]. The van der Waals surface area contributed by atoms with Crippen LogP contribution >= 0.6 is 0 Å². The summed E-state index contributed by atoms with van der Waals surface area (Å²) in [5.74, 6) is -0.137. The molecular formula is C11H31BCuFeKN8NaO11S. The topological polar surface area (TPSA) is 415 Å². The molecule has 1 fully saturated rings. The van der Waals surface area contributed by atoms with Crippen molar-refractivity contribution in [2.75, 3.05) is 20.6 Å². The average Bonchev–Trinajstić information content (AvgIpc) is 2.89. The maximum atomic E-state index is 10.7. The molecule has 0 aromatic rings. The standard InChI is InChI=1S/C5H8N2O2.6CHN.BH3.Cu.Fe.K.Na.H2O4S.5H2O.2H/c1-6-3-4(8)7(2)5(6)9;6*1-2;;;;;;1-5(2,3)4;;;;;;;/h3H2,1-2H3;6*1H;1H3;;;;;(H2,1,2,3,4);5*1H2;;. The number of carbonyl (C=O) groups excluding carboxylic acids is 2. The van der Waals surface area contributed by atoms with E-state index in [0.29, 0.717) is 0 Å². The number of amides is 3. The molecule has 0 atom stereocenters. The molecule has 1 radical (unpaired) electrons. The summed E-state index contributed by atoms with van der Waals surface area (Å²) in [4.78, 5) is 23.9. The number of imide groups is 1. The number of nitrogens with zero attached hydrogens (tertiary/aromatic N) is 8. The third-order valence-corrected chi connectivity index (χ3v) is 1.36. The van der Waals surface area contributed by atoms with E-state index in [1.54, 1.807) is 7.05 Å². The van der Waals surface area contributed by atoms with Gasteiger partial charge in [-0.2, -0.15) is 8.42 Å². The molecule has 211 valence electrons. The van der Waals surface area contributed by atoms with E-state index in [4.69, 9.17) is 49.1 Å². The third-order valence-electron chi connectivity index (χ3n) is 1.36. The average molecular weight is 676 g/mol. The second-order valence-electron chi connectivity index (χ2n) is 2.54. The zero-order valence-corrected chi connectivity index (χ0v) is 19.7. The summed E-state index contributed by atoms with van der Waals surface area (Å²) in [6, 6.07) is -0.222. The molecule has 1 rings (SSSR count). The number of urea groups is 1. The number of rotatable bonds is 0. The normalized spacial score (nSPS) is 6.89. The van der Waals surface area contributed by atoms with E-state index >= 15 is 0 Å². The number of likely N-dealkylation sites (N-methyl/N-ethyl adjacent to an activating group) is 2. The summed E-state index contributed by atoms with van der Waals surface area (Å²) < 4.78 is 31.6. The van der Waals surface area contributed by atoms with Gasteiger partial charge in [-0.1, -0.05) is 0 Å². The first-order valence-electron chi connectivity index (χ1n) is 4.89. The van der Waals surface area contributed by atoms with Crippen molar-refractivity contribution in [3.63, 3.8) is 0 Å². The number of carbonyl (C=O) groups is 2. The summed E-state index contributed by atoms with van der Waals surface area (Å²) in [7, 11) is -1.59. The van der Waals surface area contributed by atoms with Gasteiger partial charge >= 0.3 is 97.4 Å². The molecule has 12 N–H and O–H groups in total. The number of hydrogen-bond donors (Lipinski definition) is 2. The molecule has 0 bridgehead atoms. The van der Waals surface area contributed by atoms with E-state index in [2.05, 4.69) is 39.4 Å². The Morgan fingerprint density at radius 3 is 0.889 bits per heavy atom. The van der Waals surface area contributed by atoms with Crippen LogP contribution in [0.2, 0.25) is 0 Å². The zero-order valence-electron chi connectivity index (χ0n) is 16.8. The van der Waals surface area contributed by atoms with Crippen molar-refractivity contribution in [1.82, 2.24) is 9.80 Å². The van der Waals surface area contributed by atoms with Crippen LogP contribution in [-0.2, 0) is 49.3 Å². The van der Waals surface area contributed by atoms with Crippen molar-refractivity contribution >= 4 is 112 Å². The molecule has 25 heteroatoms. The molecule has 1 aliphatic heterocycles. The molecule has 1 saturated heterocycles. The van der Waals surface area contributed by atoms with Gasteiger partial charge in [0.2, 0.25) is 5.91 Å². The van der Waals surface area contributed by atoms with E-state index in [9.17, 15) is 9.59 Å². The van der Waals surface area contributed by atoms with E-state index in [1.807, 2.05) is 0 Å². The fraction of sp³-hybridized carbons (Fsp3) is 0.273. The Bertz CT molecular complexity index is 562. The minimum atomic E-state index is -4.67. The van der Waals surface area contributed by atoms with Crippen molar-refractivity contribution in [3.05, 3.63) is 0 Å². The van der Waals surface area contributed by atoms with Gasteiger partial charge in [0.25, 0.3) is 0 Å². The van der Waals surface area contributed by atoms with Crippen molar-refractivity contribution in [2.45, 2.75) is 0 Å². The third kappa shape index (κ3) is 148. The monoisotopic (exact) mass is 675 g/mol. The van der Waals surface area contributed by atoms with Crippen LogP contribution in [0.4, 0.5) is 4.79 Å². The number of nitriles is 6. The Labute approximate surface area is 298 Å². The summed E-state index contributed by atoms with van der Waals surface area (Å²) in [6.07, 6.45) is 0. The van der Waals surface area contributed by atoms with Gasteiger partial charge in [-0.15, -0.1) is 0 Å². The fourth-order valence-corrected chi connectivity index (χ4v) is 0.739. The van der Waals surface area contributed by atoms with Gasteiger partial charge in [-0.3, -0.25) is 18.8 Å². The van der Waals surface area contributed by atoms with Gasteiger partial charge in [0, 0.05) is 87.7 Å². The summed E-state index contributed by atoms with van der Waals surface area (Å²) in [5, 5.41) is 39.0. The Hall–Kier alpha value is -0.710. The minimum absolute atomic E-state index is 0. The summed E-state index contributed by atoms with van der Waals surface area (Å²) in [6.45, 7) is 21.2. The first-order valence-corrected chi connectivity index (χ1v) is 6.29. The van der Waals surface area contributed by atoms with Crippen molar-refractivity contribution in [2.24, 2.45) is 0 Å². The molecule has 0 aliphatic carbocycles. The van der Waals surface area contributed by atoms with Gasteiger partial charge in [-0.25, -0.2) is 36.4 Å². The first kappa shape index (κ1) is 124. The molecule has 0 saturated carbocycles. The van der Waals surface area contributed by atoms with Gasteiger partial charge in [0.15, 0.2) is 0 Å². The van der Waals surface area contributed by atoms with E-state index in [0.717, 1.165) is 4.90 Å². The zero-order chi connectivity index (χ0) is 23.5. The molecule has 19 nitrogen and oxygen atoms in total.